The van der Waals surface area contributed by atoms with E-state index in [9.17, 15) is 9.59 Å². The molecule has 4 rings (SSSR count). The van der Waals surface area contributed by atoms with Crippen LogP contribution in [0.1, 0.15) is 4.88 Å². The third kappa shape index (κ3) is 2.56. The maximum Gasteiger partial charge on any atom is 0.352 e. The molecule has 0 spiro atoms. The molecule has 0 saturated carbocycles. The number of fused-ring (bicyclic) bond motifs is 3. The number of thiophene rings is 1. The van der Waals surface area contributed by atoms with Crippen LogP contribution < -0.4 is 11.0 Å². The molecule has 0 bridgehead atoms. The lowest BCUT2D eigenvalue weighted by atomic mass is 10.2. The van der Waals surface area contributed by atoms with E-state index >= 15 is 0 Å². The van der Waals surface area contributed by atoms with Crippen LogP contribution in [0.2, 0.25) is 0 Å². The first-order valence-corrected chi connectivity index (χ1v) is 8.22. The van der Waals surface area contributed by atoms with E-state index in [1.165, 1.54) is 10.7 Å². The first-order valence-electron chi connectivity index (χ1n) is 7.34. The summed E-state index contributed by atoms with van der Waals surface area (Å²) in [5.74, 6) is -0.258. The SMILES string of the molecule is O=C(Cn1nc2c3ccccc3ncn2c1=O)NCc1cccs1. The van der Waals surface area contributed by atoms with Crippen LogP contribution in [-0.2, 0) is 17.9 Å². The van der Waals surface area contributed by atoms with Crippen LogP contribution in [0.25, 0.3) is 16.6 Å². The number of nitrogens with zero attached hydrogens (tertiary/aromatic N) is 4. The molecule has 0 aliphatic heterocycles. The van der Waals surface area contributed by atoms with Crippen molar-refractivity contribution < 1.29 is 4.79 Å². The first-order chi connectivity index (χ1) is 11.7. The van der Waals surface area contributed by atoms with Gasteiger partial charge in [-0.1, -0.05) is 18.2 Å². The highest BCUT2D eigenvalue weighted by Gasteiger charge is 2.13. The van der Waals surface area contributed by atoms with Gasteiger partial charge in [0.1, 0.15) is 12.9 Å². The minimum Gasteiger partial charge on any atom is -0.350 e. The van der Waals surface area contributed by atoms with Gasteiger partial charge in [-0.2, -0.15) is 0 Å². The van der Waals surface area contributed by atoms with E-state index < -0.39 is 0 Å². The summed E-state index contributed by atoms with van der Waals surface area (Å²) in [4.78, 5) is 29.8. The zero-order chi connectivity index (χ0) is 16.5. The average molecular weight is 339 g/mol. The number of carbonyl (C=O) groups excluding carboxylic acids is 1. The maximum absolute atomic E-state index is 12.4. The Labute approximate surface area is 140 Å². The van der Waals surface area contributed by atoms with Crippen molar-refractivity contribution >= 4 is 33.8 Å². The quantitative estimate of drug-likeness (QED) is 0.610. The molecular formula is C16H13N5O2S. The van der Waals surface area contributed by atoms with Gasteiger partial charge in [-0.05, 0) is 23.6 Å². The van der Waals surface area contributed by atoms with Crippen molar-refractivity contribution in [3.8, 4) is 0 Å². The zero-order valence-electron chi connectivity index (χ0n) is 12.5. The molecule has 3 aromatic heterocycles. The van der Waals surface area contributed by atoms with E-state index in [0.29, 0.717) is 12.2 Å². The Hall–Kier alpha value is -3.00. The van der Waals surface area contributed by atoms with Gasteiger partial charge in [0.15, 0.2) is 5.65 Å². The fourth-order valence-corrected chi connectivity index (χ4v) is 3.14. The number of benzene rings is 1. The van der Waals surface area contributed by atoms with Crippen molar-refractivity contribution in [1.29, 1.82) is 0 Å². The van der Waals surface area contributed by atoms with Gasteiger partial charge in [-0.3, -0.25) is 4.79 Å². The highest BCUT2D eigenvalue weighted by molar-refractivity contribution is 7.09. The first kappa shape index (κ1) is 14.6. The lowest BCUT2D eigenvalue weighted by Gasteiger charge is -2.02. The van der Waals surface area contributed by atoms with Gasteiger partial charge in [-0.15, -0.1) is 16.4 Å². The molecule has 1 amide bonds. The Morgan fingerprint density at radius 3 is 2.92 bits per heavy atom. The van der Waals surface area contributed by atoms with E-state index in [1.54, 1.807) is 11.3 Å². The summed E-state index contributed by atoms with van der Waals surface area (Å²) in [5, 5.41) is 9.81. The summed E-state index contributed by atoms with van der Waals surface area (Å²) in [6, 6.07) is 11.3. The minimum atomic E-state index is -0.380. The van der Waals surface area contributed by atoms with Crippen LogP contribution in [-0.4, -0.2) is 25.1 Å². The summed E-state index contributed by atoms with van der Waals surface area (Å²) >= 11 is 1.57. The smallest absolute Gasteiger partial charge is 0.350 e. The molecule has 7 nitrogen and oxygen atoms in total. The number of nitrogens with one attached hydrogen (secondary N) is 1. The van der Waals surface area contributed by atoms with Crippen molar-refractivity contribution in [2.45, 2.75) is 13.1 Å². The second-order valence-electron chi connectivity index (χ2n) is 5.25. The van der Waals surface area contributed by atoms with Crippen molar-refractivity contribution in [1.82, 2.24) is 24.5 Å². The number of hydrogen-bond donors (Lipinski definition) is 1. The van der Waals surface area contributed by atoms with E-state index in [0.717, 1.165) is 20.5 Å². The van der Waals surface area contributed by atoms with Crippen molar-refractivity contribution in [3.63, 3.8) is 0 Å². The summed E-state index contributed by atoms with van der Waals surface area (Å²) in [6.07, 6.45) is 1.44. The number of carbonyl (C=O) groups is 1. The highest BCUT2D eigenvalue weighted by Crippen LogP contribution is 2.14. The molecule has 120 valence electrons. The van der Waals surface area contributed by atoms with Crippen molar-refractivity contribution in [3.05, 3.63) is 63.5 Å². The lowest BCUT2D eigenvalue weighted by Crippen LogP contribution is -2.32. The zero-order valence-corrected chi connectivity index (χ0v) is 13.4. The lowest BCUT2D eigenvalue weighted by molar-refractivity contribution is -0.122. The monoisotopic (exact) mass is 339 g/mol. The number of amides is 1. The molecule has 1 N–H and O–H groups in total. The van der Waals surface area contributed by atoms with Crippen LogP contribution in [0.15, 0.2) is 52.9 Å². The van der Waals surface area contributed by atoms with Crippen LogP contribution >= 0.6 is 11.3 Å². The van der Waals surface area contributed by atoms with Gasteiger partial charge >= 0.3 is 5.69 Å². The third-order valence-corrected chi connectivity index (χ3v) is 4.54. The number of hydrogen-bond acceptors (Lipinski definition) is 5. The molecule has 1 aromatic carbocycles. The molecule has 0 fully saturated rings. The topological polar surface area (TPSA) is 81.3 Å². The molecule has 4 aromatic rings. The maximum atomic E-state index is 12.4. The van der Waals surface area contributed by atoms with Crippen molar-refractivity contribution in [2.24, 2.45) is 0 Å². The summed E-state index contributed by atoms with van der Waals surface area (Å²) in [5.41, 5.74) is 0.871. The predicted molar refractivity (Wildman–Crippen MR) is 90.9 cm³/mol. The Balaban J connectivity index is 1.62. The van der Waals surface area contributed by atoms with E-state index in [1.807, 2.05) is 41.8 Å². The highest BCUT2D eigenvalue weighted by atomic mass is 32.1. The van der Waals surface area contributed by atoms with Gasteiger partial charge in [0.2, 0.25) is 5.91 Å². The van der Waals surface area contributed by atoms with Crippen LogP contribution in [0.5, 0.6) is 0 Å². The van der Waals surface area contributed by atoms with Crippen LogP contribution in [0.3, 0.4) is 0 Å². The fraction of sp³-hybridized carbons (Fsp3) is 0.125. The molecule has 0 unspecified atom stereocenters. The largest absolute Gasteiger partial charge is 0.352 e. The van der Waals surface area contributed by atoms with E-state index in [4.69, 9.17) is 0 Å². The molecule has 0 saturated heterocycles. The fourth-order valence-electron chi connectivity index (χ4n) is 2.50. The van der Waals surface area contributed by atoms with Gasteiger partial charge in [0, 0.05) is 10.3 Å². The second kappa shape index (κ2) is 5.89. The Kier molecular flexibility index (Phi) is 3.58. The third-order valence-electron chi connectivity index (χ3n) is 3.66. The Bertz CT molecular complexity index is 1080. The number of aromatic nitrogens is 4. The molecule has 0 radical (unpaired) electrons. The van der Waals surface area contributed by atoms with Crippen molar-refractivity contribution in [2.75, 3.05) is 0 Å². The average Bonchev–Trinajstić information content (AvgIpc) is 3.22. The van der Waals surface area contributed by atoms with Gasteiger partial charge in [-0.25, -0.2) is 18.9 Å². The standard InChI is InChI=1S/C16H13N5O2S/c22-14(17-8-11-4-3-7-24-11)9-21-16(23)20-10-18-13-6-2-1-5-12(13)15(20)19-21/h1-7,10H,8-9H2,(H,17,22). The van der Waals surface area contributed by atoms with Crippen LogP contribution in [0.4, 0.5) is 0 Å². The van der Waals surface area contributed by atoms with Crippen LogP contribution in [0, 0.1) is 0 Å². The summed E-state index contributed by atoms with van der Waals surface area (Å²) < 4.78 is 2.52. The van der Waals surface area contributed by atoms with Gasteiger partial charge in [0.25, 0.3) is 0 Å². The van der Waals surface area contributed by atoms with Gasteiger partial charge in [0.05, 0.1) is 12.1 Å². The predicted octanol–water partition coefficient (Wildman–Crippen LogP) is 1.42. The molecule has 24 heavy (non-hydrogen) atoms. The molecule has 8 heteroatoms. The van der Waals surface area contributed by atoms with E-state index in [2.05, 4.69) is 15.4 Å². The second-order valence-corrected chi connectivity index (χ2v) is 6.28. The molecule has 0 atom stereocenters. The van der Waals surface area contributed by atoms with Gasteiger partial charge < -0.3 is 5.32 Å². The van der Waals surface area contributed by atoms with E-state index in [-0.39, 0.29) is 18.1 Å². The number of para-hydroxylation sites is 1. The summed E-state index contributed by atoms with van der Waals surface area (Å²) in [7, 11) is 0. The minimum absolute atomic E-state index is 0.125. The summed E-state index contributed by atoms with van der Waals surface area (Å²) in [6.45, 7) is 0.323. The molecule has 0 aliphatic carbocycles. The molecule has 3 heterocycles. The Morgan fingerprint density at radius 2 is 2.08 bits per heavy atom. The normalized spacial score (nSPS) is 11.2. The molecular weight excluding hydrogens is 326 g/mol. The molecule has 0 aliphatic rings. The number of rotatable bonds is 4. The Morgan fingerprint density at radius 1 is 1.21 bits per heavy atom.